The standard InChI is InChI=1S/C12H20N2O2S/c1-5-14(6-9(4)11(15)16)12-13-10(7-17-12)8(2)3/h7-9H,5-6H2,1-4H3,(H,15,16). The number of nitrogens with zero attached hydrogens (tertiary/aromatic N) is 2. The molecule has 1 N–H and O–H groups in total. The highest BCUT2D eigenvalue weighted by Gasteiger charge is 2.18. The number of hydrogen-bond donors (Lipinski definition) is 1. The van der Waals surface area contributed by atoms with Crippen LogP contribution in [0.3, 0.4) is 0 Å². The van der Waals surface area contributed by atoms with Gasteiger partial charge in [0.2, 0.25) is 0 Å². The first-order valence-corrected chi connectivity index (χ1v) is 6.76. The fraction of sp³-hybridized carbons (Fsp3) is 0.667. The van der Waals surface area contributed by atoms with Crippen molar-refractivity contribution in [1.29, 1.82) is 0 Å². The molecule has 1 rings (SSSR count). The summed E-state index contributed by atoms with van der Waals surface area (Å²) in [4.78, 5) is 17.4. The molecule has 1 unspecified atom stereocenters. The zero-order valence-electron chi connectivity index (χ0n) is 10.8. The van der Waals surface area contributed by atoms with Crippen molar-refractivity contribution >= 4 is 22.4 Å². The summed E-state index contributed by atoms with van der Waals surface area (Å²) >= 11 is 1.59. The number of carboxylic acid groups (broad SMARTS) is 1. The van der Waals surface area contributed by atoms with E-state index in [2.05, 4.69) is 18.8 Å². The number of aliphatic carboxylic acids is 1. The van der Waals surface area contributed by atoms with Crippen LogP contribution in [0.25, 0.3) is 0 Å². The molecule has 96 valence electrons. The van der Waals surface area contributed by atoms with Crippen molar-refractivity contribution in [2.45, 2.75) is 33.6 Å². The number of hydrogen-bond acceptors (Lipinski definition) is 4. The maximum Gasteiger partial charge on any atom is 0.308 e. The topological polar surface area (TPSA) is 53.4 Å². The van der Waals surface area contributed by atoms with Crippen LogP contribution in [0, 0.1) is 5.92 Å². The lowest BCUT2D eigenvalue weighted by Crippen LogP contribution is -2.31. The van der Waals surface area contributed by atoms with Crippen molar-refractivity contribution in [2.24, 2.45) is 5.92 Å². The van der Waals surface area contributed by atoms with Gasteiger partial charge in [0.25, 0.3) is 0 Å². The number of carbonyl (C=O) groups is 1. The van der Waals surface area contributed by atoms with Crippen LogP contribution in [0.15, 0.2) is 5.38 Å². The van der Waals surface area contributed by atoms with Gasteiger partial charge in [0, 0.05) is 18.5 Å². The van der Waals surface area contributed by atoms with E-state index in [1.807, 2.05) is 17.2 Å². The Morgan fingerprint density at radius 3 is 2.59 bits per heavy atom. The van der Waals surface area contributed by atoms with E-state index in [9.17, 15) is 4.79 Å². The molecular formula is C12H20N2O2S. The minimum atomic E-state index is -0.760. The second-order valence-corrected chi connectivity index (χ2v) is 5.32. The number of thiazole rings is 1. The second kappa shape index (κ2) is 6.00. The van der Waals surface area contributed by atoms with Crippen molar-refractivity contribution in [3.8, 4) is 0 Å². The third-order valence-corrected chi connectivity index (χ3v) is 3.59. The largest absolute Gasteiger partial charge is 0.481 e. The second-order valence-electron chi connectivity index (χ2n) is 4.49. The van der Waals surface area contributed by atoms with Gasteiger partial charge in [-0.25, -0.2) is 4.98 Å². The molecule has 0 radical (unpaired) electrons. The van der Waals surface area contributed by atoms with E-state index in [4.69, 9.17) is 5.11 Å². The fourth-order valence-corrected chi connectivity index (χ4v) is 2.50. The molecule has 17 heavy (non-hydrogen) atoms. The zero-order valence-corrected chi connectivity index (χ0v) is 11.6. The van der Waals surface area contributed by atoms with Gasteiger partial charge in [-0.2, -0.15) is 0 Å². The Kier molecular flexibility index (Phi) is 4.93. The molecule has 1 atom stereocenters. The van der Waals surface area contributed by atoms with Gasteiger partial charge in [0.05, 0.1) is 11.6 Å². The third-order valence-electron chi connectivity index (χ3n) is 2.67. The van der Waals surface area contributed by atoms with Crippen molar-refractivity contribution in [2.75, 3.05) is 18.0 Å². The van der Waals surface area contributed by atoms with Crippen LogP contribution < -0.4 is 4.90 Å². The molecule has 1 aromatic heterocycles. The first kappa shape index (κ1) is 14.0. The molecule has 1 heterocycles. The molecule has 0 aliphatic carbocycles. The summed E-state index contributed by atoms with van der Waals surface area (Å²) in [7, 11) is 0. The lowest BCUT2D eigenvalue weighted by Gasteiger charge is -2.21. The fourth-order valence-electron chi connectivity index (χ4n) is 1.44. The maximum atomic E-state index is 10.9. The van der Waals surface area contributed by atoms with E-state index in [-0.39, 0.29) is 5.92 Å². The molecule has 0 saturated heterocycles. The van der Waals surface area contributed by atoms with Gasteiger partial charge in [-0.3, -0.25) is 4.79 Å². The molecule has 0 amide bonds. The Bertz CT molecular complexity index is 376. The molecule has 0 aliphatic heterocycles. The molecule has 5 heteroatoms. The summed E-state index contributed by atoms with van der Waals surface area (Å²) in [6, 6.07) is 0. The molecule has 4 nitrogen and oxygen atoms in total. The molecule has 0 aliphatic rings. The zero-order chi connectivity index (χ0) is 13.0. The van der Waals surface area contributed by atoms with E-state index in [1.165, 1.54) is 0 Å². The van der Waals surface area contributed by atoms with E-state index >= 15 is 0 Å². The third kappa shape index (κ3) is 3.70. The van der Waals surface area contributed by atoms with E-state index in [0.29, 0.717) is 12.5 Å². The van der Waals surface area contributed by atoms with Gasteiger partial charge in [0.15, 0.2) is 5.13 Å². The highest BCUT2D eigenvalue weighted by molar-refractivity contribution is 7.13. The van der Waals surface area contributed by atoms with Crippen molar-refractivity contribution < 1.29 is 9.90 Å². The van der Waals surface area contributed by atoms with Crippen LogP contribution in [0.5, 0.6) is 0 Å². The van der Waals surface area contributed by atoms with Gasteiger partial charge in [-0.15, -0.1) is 11.3 Å². The summed E-state index contributed by atoms with van der Waals surface area (Å²) in [5, 5.41) is 11.9. The van der Waals surface area contributed by atoms with Crippen LogP contribution in [0.4, 0.5) is 5.13 Å². The summed E-state index contributed by atoms with van der Waals surface area (Å²) in [5.41, 5.74) is 1.08. The smallest absolute Gasteiger partial charge is 0.308 e. The summed E-state index contributed by atoms with van der Waals surface area (Å²) in [6.45, 7) is 9.25. The average Bonchev–Trinajstić information content (AvgIpc) is 2.74. The normalized spacial score (nSPS) is 12.8. The van der Waals surface area contributed by atoms with E-state index in [0.717, 1.165) is 17.4 Å². The predicted molar refractivity (Wildman–Crippen MR) is 70.9 cm³/mol. The minimum Gasteiger partial charge on any atom is -0.481 e. The molecular weight excluding hydrogens is 236 g/mol. The number of aromatic nitrogens is 1. The van der Waals surface area contributed by atoms with Crippen LogP contribution in [-0.4, -0.2) is 29.1 Å². The van der Waals surface area contributed by atoms with Crippen molar-refractivity contribution in [3.05, 3.63) is 11.1 Å². The van der Waals surface area contributed by atoms with Gasteiger partial charge in [-0.1, -0.05) is 20.8 Å². The average molecular weight is 256 g/mol. The Morgan fingerprint density at radius 2 is 2.18 bits per heavy atom. The van der Waals surface area contributed by atoms with Crippen LogP contribution >= 0.6 is 11.3 Å². The van der Waals surface area contributed by atoms with Gasteiger partial charge in [-0.05, 0) is 12.8 Å². The molecule has 0 saturated carbocycles. The molecule has 0 spiro atoms. The Hall–Kier alpha value is -1.10. The first-order valence-electron chi connectivity index (χ1n) is 5.88. The number of anilines is 1. The lowest BCUT2D eigenvalue weighted by molar-refractivity contribution is -0.140. The van der Waals surface area contributed by atoms with Crippen molar-refractivity contribution in [1.82, 2.24) is 4.98 Å². The Labute approximate surface area is 106 Å². The highest BCUT2D eigenvalue weighted by atomic mass is 32.1. The monoisotopic (exact) mass is 256 g/mol. The van der Waals surface area contributed by atoms with E-state index in [1.54, 1.807) is 18.3 Å². The van der Waals surface area contributed by atoms with E-state index < -0.39 is 5.97 Å². The quantitative estimate of drug-likeness (QED) is 0.850. The summed E-state index contributed by atoms with van der Waals surface area (Å²) in [5.74, 6) is -0.721. The highest BCUT2D eigenvalue weighted by Crippen LogP contribution is 2.25. The predicted octanol–water partition coefficient (Wildman–Crippen LogP) is 2.81. The van der Waals surface area contributed by atoms with Crippen molar-refractivity contribution in [3.63, 3.8) is 0 Å². The Balaban J connectivity index is 2.75. The first-order chi connectivity index (χ1) is 7.95. The minimum absolute atomic E-state index is 0.374. The van der Waals surface area contributed by atoms with Gasteiger partial charge in [0.1, 0.15) is 0 Å². The molecule has 0 fully saturated rings. The summed E-state index contributed by atoms with van der Waals surface area (Å²) < 4.78 is 0. The Morgan fingerprint density at radius 1 is 1.53 bits per heavy atom. The molecule has 1 aromatic rings. The summed E-state index contributed by atoms with van der Waals surface area (Å²) in [6.07, 6.45) is 0. The van der Waals surface area contributed by atoms with Gasteiger partial charge < -0.3 is 10.0 Å². The maximum absolute atomic E-state index is 10.9. The van der Waals surface area contributed by atoms with Crippen LogP contribution in [-0.2, 0) is 4.79 Å². The lowest BCUT2D eigenvalue weighted by atomic mass is 10.1. The number of rotatable bonds is 6. The molecule has 0 bridgehead atoms. The van der Waals surface area contributed by atoms with Gasteiger partial charge >= 0.3 is 5.97 Å². The number of carboxylic acids is 1. The van der Waals surface area contributed by atoms with Crippen LogP contribution in [0.2, 0.25) is 0 Å². The van der Waals surface area contributed by atoms with Crippen LogP contribution in [0.1, 0.15) is 39.3 Å². The molecule has 0 aromatic carbocycles. The SMILES string of the molecule is CCN(CC(C)C(=O)O)c1nc(C(C)C)cs1.